The van der Waals surface area contributed by atoms with Gasteiger partial charge in [-0.15, -0.1) is 0 Å². The highest BCUT2D eigenvalue weighted by Crippen LogP contribution is 2.30. The highest BCUT2D eigenvalue weighted by molar-refractivity contribution is 6.11. The summed E-state index contributed by atoms with van der Waals surface area (Å²) in [7, 11) is 0. The van der Waals surface area contributed by atoms with Gasteiger partial charge in [0.1, 0.15) is 12.3 Å². The lowest BCUT2D eigenvalue weighted by Crippen LogP contribution is -2.48. The number of nitrogens with one attached hydrogen (secondary N) is 1. The summed E-state index contributed by atoms with van der Waals surface area (Å²) in [6.45, 7) is 3.87. The summed E-state index contributed by atoms with van der Waals surface area (Å²) in [5, 5.41) is 2.79. The van der Waals surface area contributed by atoms with Gasteiger partial charge in [-0.2, -0.15) is 0 Å². The van der Waals surface area contributed by atoms with Crippen LogP contribution in [0.3, 0.4) is 0 Å². The van der Waals surface area contributed by atoms with Crippen molar-refractivity contribution in [3.8, 4) is 5.75 Å². The highest BCUT2D eigenvalue weighted by Gasteiger charge is 2.31. The van der Waals surface area contributed by atoms with Gasteiger partial charge in [0.25, 0.3) is 5.91 Å². The molecular formula is C19H20N2O3. The van der Waals surface area contributed by atoms with Crippen LogP contribution in [-0.4, -0.2) is 24.5 Å². The third-order valence-electron chi connectivity index (χ3n) is 3.95. The molecule has 2 aromatic rings. The fourth-order valence-electron chi connectivity index (χ4n) is 2.76. The van der Waals surface area contributed by atoms with E-state index >= 15 is 0 Å². The van der Waals surface area contributed by atoms with E-state index in [0.717, 1.165) is 5.56 Å². The number of hydrogen-bond donors (Lipinski definition) is 1. The fourth-order valence-corrected chi connectivity index (χ4v) is 2.76. The molecule has 1 heterocycles. The minimum Gasteiger partial charge on any atom is -0.481 e. The van der Waals surface area contributed by atoms with Crippen LogP contribution in [0.1, 0.15) is 18.9 Å². The molecule has 5 nitrogen and oxygen atoms in total. The number of aryl methyl sites for hydroxylation is 1. The van der Waals surface area contributed by atoms with Crippen LogP contribution in [-0.2, 0) is 9.59 Å². The van der Waals surface area contributed by atoms with Crippen LogP contribution in [0.4, 0.5) is 11.4 Å². The number of hydrogen-bond acceptors (Lipinski definition) is 3. The molecule has 2 amide bonds. The zero-order valence-electron chi connectivity index (χ0n) is 13.8. The van der Waals surface area contributed by atoms with E-state index in [4.69, 9.17) is 4.74 Å². The second-order valence-corrected chi connectivity index (χ2v) is 5.82. The number of carbonyl (C=O) groups is 2. The summed E-state index contributed by atoms with van der Waals surface area (Å²) in [6, 6.07) is 14.9. The fraction of sp³-hybridized carbons (Fsp3) is 0.263. The molecule has 2 aromatic carbocycles. The molecule has 0 aliphatic carbocycles. The number of ether oxygens (including phenoxy) is 1. The molecule has 0 bridgehead atoms. The Morgan fingerprint density at radius 2 is 2.04 bits per heavy atom. The van der Waals surface area contributed by atoms with Crippen LogP contribution in [0, 0.1) is 6.92 Å². The maximum absolute atomic E-state index is 12.9. The van der Waals surface area contributed by atoms with E-state index in [1.165, 1.54) is 4.90 Å². The SMILES string of the molecule is CC[C@@H](Oc1cccc(C)c1)C(=O)N1CC(=O)Nc2ccccc21. The first-order chi connectivity index (χ1) is 11.6. The number of amides is 2. The van der Waals surface area contributed by atoms with Crippen LogP contribution in [0.5, 0.6) is 5.75 Å². The molecule has 0 saturated heterocycles. The maximum atomic E-state index is 12.9. The van der Waals surface area contributed by atoms with Crippen LogP contribution < -0.4 is 15.0 Å². The molecule has 1 aliphatic rings. The number of nitrogens with zero attached hydrogens (tertiary/aromatic N) is 1. The van der Waals surface area contributed by atoms with Gasteiger partial charge in [-0.05, 0) is 43.2 Å². The van der Waals surface area contributed by atoms with Gasteiger partial charge in [-0.3, -0.25) is 14.5 Å². The molecule has 0 unspecified atom stereocenters. The Morgan fingerprint density at radius 1 is 1.25 bits per heavy atom. The van der Waals surface area contributed by atoms with Gasteiger partial charge in [0.2, 0.25) is 5.91 Å². The van der Waals surface area contributed by atoms with Gasteiger partial charge in [-0.1, -0.05) is 31.2 Å². The zero-order chi connectivity index (χ0) is 17.1. The van der Waals surface area contributed by atoms with E-state index in [9.17, 15) is 9.59 Å². The Labute approximate surface area is 141 Å². The molecule has 1 N–H and O–H groups in total. The van der Waals surface area contributed by atoms with Gasteiger partial charge in [0.15, 0.2) is 6.10 Å². The summed E-state index contributed by atoms with van der Waals surface area (Å²) < 4.78 is 5.89. The summed E-state index contributed by atoms with van der Waals surface area (Å²) in [5.74, 6) is 0.249. The van der Waals surface area contributed by atoms with Crippen molar-refractivity contribution in [1.82, 2.24) is 0 Å². The van der Waals surface area contributed by atoms with Crippen molar-refractivity contribution in [2.75, 3.05) is 16.8 Å². The number of para-hydroxylation sites is 2. The lowest BCUT2D eigenvalue weighted by Gasteiger charge is -2.31. The van der Waals surface area contributed by atoms with Crippen LogP contribution in [0.15, 0.2) is 48.5 Å². The Morgan fingerprint density at radius 3 is 2.79 bits per heavy atom. The molecule has 3 rings (SSSR count). The third kappa shape index (κ3) is 3.25. The Balaban J connectivity index is 1.85. The van der Waals surface area contributed by atoms with Gasteiger partial charge in [0.05, 0.1) is 11.4 Å². The average molecular weight is 324 g/mol. The topological polar surface area (TPSA) is 58.6 Å². The van der Waals surface area contributed by atoms with Crippen molar-refractivity contribution < 1.29 is 14.3 Å². The van der Waals surface area contributed by atoms with Crippen LogP contribution >= 0.6 is 0 Å². The van der Waals surface area contributed by atoms with Crippen LogP contribution in [0.25, 0.3) is 0 Å². The van der Waals surface area contributed by atoms with Crippen molar-refractivity contribution in [2.24, 2.45) is 0 Å². The monoisotopic (exact) mass is 324 g/mol. The predicted molar refractivity (Wildman–Crippen MR) is 93.3 cm³/mol. The number of carbonyl (C=O) groups excluding carboxylic acids is 2. The minimum absolute atomic E-state index is 0.00350. The average Bonchev–Trinajstić information content (AvgIpc) is 2.58. The van der Waals surface area contributed by atoms with Crippen molar-refractivity contribution in [1.29, 1.82) is 0 Å². The summed E-state index contributed by atoms with van der Waals surface area (Å²) in [4.78, 5) is 26.4. The van der Waals surface area contributed by atoms with E-state index in [1.807, 2.05) is 56.3 Å². The molecule has 24 heavy (non-hydrogen) atoms. The minimum atomic E-state index is -0.634. The van der Waals surface area contributed by atoms with Crippen molar-refractivity contribution >= 4 is 23.2 Å². The molecule has 1 atom stereocenters. The molecule has 0 fully saturated rings. The first-order valence-electron chi connectivity index (χ1n) is 8.02. The van der Waals surface area contributed by atoms with E-state index in [-0.39, 0.29) is 18.4 Å². The third-order valence-corrected chi connectivity index (χ3v) is 3.95. The molecule has 0 radical (unpaired) electrons. The van der Waals surface area contributed by atoms with Crippen molar-refractivity contribution in [3.05, 3.63) is 54.1 Å². The number of benzene rings is 2. The van der Waals surface area contributed by atoms with Gasteiger partial charge < -0.3 is 10.1 Å². The lowest BCUT2D eigenvalue weighted by molar-refractivity contribution is -0.127. The van der Waals surface area contributed by atoms with Crippen LogP contribution in [0.2, 0.25) is 0 Å². The Bertz CT molecular complexity index is 773. The van der Waals surface area contributed by atoms with E-state index < -0.39 is 6.10 Å². The number of anilines is 2. The molecule has 0 spiro atoms. The molecule has 5 heteroatoms. The molecule has 124 valence electrons. The zero-order valence-corrected chi connectivity index (χ0v) is 13.8. The maximum Gasteiger partial charge on any atom is 0.268 e. The largest absolute Gasteiger partial charge is 0.481 e. The van der Waals surface area contributed by atoms with Gasteiger partial charge >= 0.3 is 0 Å². The van der Waals surface area contributed by atoms with E-state index in [0.29, 0.717) is 23.5 Å². The Hall–Kier alpha value is -2.82. The second kappa shape index (κ2) is 6.74. The first-order valence-corrected chi connectivity index (χ1v) is 8.02. The second-order valence-electron chi connectivity index (χ2n) is 5.82. The smallest absolute Gasteiger partial charge is 0.268 e. The quantitative estimate of drug-likeness (QED) is 0.940. The number of rotatable bonds is 4. The summed E-state index contributed by atoms with van der Waals surface area (Å²) >= 11 is 0. The molecular weight excluding hydrogens is 304 g/mol. The van der Waals surface area contributed by atoms with Crippen molar-refractivity contribution in [3.63, 3.8) is 0 Å². The first kappa shape index (κ1) is 16.1. The normalized spacial score (nSPS) is 14.6. The molecule has 1 aliphatic heterocycles. The lowest BCUT2D eigenvalue weighted by atomic mass is 10.1. The highest BCUT2D eigenvalue weighted by atomic mass is 16.5. The standard InChI is InChI=1S/C19H20N2O3/c1-3-17(24-14-8-6-7-13(2)11-14)19(23)21-12-18(22)20-15-9-4-5-10-16(15)21/h4-11,17H,3,12H2,1-2H3,(H,20,22)/t17-/m1/s1. The molecule has 0 saturated carbocycles. The number of fused-ring (bicyclic) bond motifs is 1. The molecule has 0 aromatic heterocycles. The van der Waals surface area contributed by atoms with E-state index in [1.54, 1.807) is 6.07 Å². The predicted octanol–water partition coefficient (Wildman–Crippen LogP) is 3.14. The van der Waals surface area contributed by atoms with E-state index in [2.05, 4.69) is 5.32 Å². The van der Waals surface area contributed by atoms with Gasteiger partial charge in [0, 0.05) is 0 Å². The summed E-state index contributed by atoms with van der Waals surface area (Å²) in [6.07, 6.45) is -0.113. The van der Waals surface area contributed by atoms with Crippen molar-refractivity contribution in [2.45, 2.75) is 26.4 Å². The summed E-state index contributed by atoms with van der Waals surface area (Å²) in [5.41, 5.74) is 2.42. The van der Waals surface area contributed by atoms with Gasteiger partial charge in [-0.25, -0.2) is 0 Å². The Kier molecular flexibility index (Phi) is 4.51.